The Kier molecular flexibility index (Phi) is 7.26. The molecule has 5 nitrogen and oxygen atoms in total. The fourth-order valence-electron chi connectivity index (χ4n) is 2.34. The van der Waals surface area contributed by atoms with Crippen molar-refractivity contribution in [1.29, 1.82) is 5.26 Å². The van der Waals surface area contributed by atoms with Crippen LogP contribution in [0, 0.1) is 25.2 Å². The molecule has 0 aliphatic heterocycles. The highest BCUT2D eigenvalue weighted by atomic mass is 32.2. The van der Waals surface area contributed by atoms with Gasteiger partial charge in [0.05, 0.1) is 32.0 Å². The van der Waals surface area contributed by atoms with Crippen LogP contribution in [0.15, 0.2) is 35.4 Å². The first-order valence-corrected chi connectivity index (χ1v) is 8.92. The lowest BCUT2D eigenvalue weighted by atomic mass is 10.1. The van der Waals surface area contributed by atoms with Gasteiger partial charge >= 0.3 is 0 Å². The van der Waals surface area contributed by atoms with E-state index < -0.39 is 6.10 Å². The van der Waals surface area contributed by atoms with Gasteiger partial charge in [-0.3, -0.25) is 0 Å². The first-order valence-electron chi connectivity index (χ1n) is 7.93. The minimum absolute atomic E-state index is 0.219. The standard InChI is InChI=1S/C19H22N2O3S/c1-13-7-14(2)21-19(18(13)9-20)25-12-16(22)11-24-10-15-5-4-6-17(8-15)23-3/h4-8,16,22H,10-12H2,1-3H3/t16-/m0/s1. The molecule has 2 rings (SSSR count). The van der Waals surface area contributed by atoms with Gasteiger partial charge in [0.25, 0.3) is 0 Å². The van der Waals surface area contributed by atoms with Gasteiger partial charge < -0.3 is 14.6 Å². The van der Waals surface area contributed by atoms with Crippen molar-refractivity contribution < 1.29 is 14.6 Å². The summed E-state index contributed by atoms with van der Waals surface area (Å²) >= 11 is 1.38. The van der Waals surface area contributed by atoms with Crippen LogP contribution in [0.5, 0.6) is 5.75 Å². The Morgan fingerprint density at radius 2 is 2.12 bits per heavy atom. The summed E-state index contributed by atoms with van der Waals surface area (Å²) in [6.45, 7) is 4.41. The monoisotopic (exact) mass is 358 g/mol. The minimum atomic E-state index is -0.634. The van der Waals surface area contributed by atoms with Crippen molar-refractivity contribution in [2.24, 2.45) is 0 Å². The van der Waals surface area contributed by atoms with Crippen molar-refractivity contribution in [3.8, 4) is 11.8 Å². The van der Waals surface area contributed by atoms with Crippen molar-refractivity contribution in [2.75, 3.05) is 19.5 Å². The molecule has 0 spiro atoms. The molecule has 0 aliphatic rings. The number of aromatic nitrogens is 1. The maximum Gasteiger partial charge on any atom is 0.119 e. The number of hydrogen-bond donors (Lipinski definition) is 1. The highest BCUT2D eigenvalue weighted by Gasteiger charge is 2.12. The van der Waals surface area contributed by atoms with E-state index in [2.05, 4.69) is 11.1 Å². The SMILES string of the molecule is COc1cccc(COC[C@H](O)CSc2nc(C)cc(C)c2C#N)c1. The lowest BCUT2D eigenvalue weighted by molar-refractivity contribution is 0.0397. The van der Waals surface area contributed by atoms with Crippen molar-refractivity contribution in [3.63, 3.8) is 0 Å². The summed E-state index contributed by atoms with van der Waals surface area (Å²) in [5.74, 6) is 1.20. The largest absolute Gasteiger partial charge is 0.497 e. The average molecular weight is 358 g/mol. The number of hydrogen-bond acceptors (Lipinski definition) is 6. The smallest absolute Gasteiger partial charge is 0.119 e. The molecule has 0 fully saturated rings. The van der Waals surface area contributed by atoms with E-state index in [9.17, 15) is 10.4 Å². The summed E-state index contributed by atoms with van der Waals surface area (Å²) < 4.78 is 10.7. The Morgan fingerprint density at radius 1 is 1.32 bits per heavy atom. The quantitative estimate of drug-likeness (QED) is 0.730. The van der Waals surface area contributed by atoms with E-state index in [1.165, 1.54) is 11.8 Å². The predicted molar refractivity (Wildman–Crippen MR) is 97.8 cm³/mol. The molecule has 0 bridgehead atoms. The van der Waals surface area contributed by atoms with Crippen molar-refractivity contribution in [3.05, 3.63) is 52.7 Å². The summed E-state index contributed by atoms with van der Waals surface area (Å²) in [5, 5.41) is 20.0. The van der Waals surface area contributed by atoms with E-state index in [4.69, 9.17) is 9.47 Å². The third kappa shape index (κ3) is 5.75. The van der Waals surface area contributed by atoms with Gasteiger partial charge in [0.1, 0.15) is 16.8 Å². The first-order chi connectivity index (χ1) is 12.0. The fraction of sp³-hybridized carbons (Fsp3) is 0.368. The number of rotatable bonds is 8. The molecule has 25 heavy (non-hydrogen) atoms. The maximum atomic E-state index is 10.1. The molecule has 1 aromatic heterocycles. The molecule has 1 N–H and O–H groups in total. The van der Waals surface area contributed by atoms with E-state index in [-0.39, 0.29) is 6.61 Å². The van der Waals surface area contributed by atoms with Gasteiger partial charge in [0, 0.05) is 11.4 Å². The van der Waals surface area contributed by atoms with Crippen molar-refractivity contribution in [1.82, 2.24) is 4.98 Å². The number of aliphatic hydroxyl groups is 1. The van der Waals surface area contributed by atoms with Crippen LogP contribution in [-0.2, 0) is 11.3 Å². The van der Waals surface area contributed by atoms with Gasteiger partial charge in [-0.25, -0.2) is 4.98 Å². The third-order valence-corrected chi connectivity index (χ3v) is 4.67. The normalized spacial score (nSPS) is 11.8. The van der Waals surface area contributed by atoms with Crippen molar-refractivity contribution >= 4 is 11.8 Å². The second-order valence-electron chi connectivity index (χ2n) is 5.70. The van der Waals surface area contributed by atoms with Crippen molar-refractivity contribution in [2.45, 2.75) is 31.6 Å². The number of aryl methyl sites for hydroxylation is 2. The highest BCUT2D eigenvalue weighted by molar-refractivity contribution is 7.99. The number of ether oxygens (including phenoxy) is 2. The molecule has 0 aliphatic carbocycles. The van der Waals surface area contributed by atoms with Crippen LogP contribution in [0.2, 0.25) is 0 Å². The minimum Gasteiger partial charge on any atom is -0.497 e. The summed E-state index contributed by atoms with van der Waals surface area (Å²) in [6.07, 6.45) is -0.634. The lowest BCUT2D eigenvalue weighted by Gasteiger charge is -2.12. The van der Waals surface area contributed by atoms with Crippen LogP contribution in [-0.4, -0.2) is 35.7 Å². The zero-order valence-electron chi connectivity index (χ0n) is 14.7. The zero-order valence-corrected chi connectivity index (χ0v) is 15.5. The number of aliphatic hydroxyl groups excluding tert-OH is 1. The van der Waals surface area contributed by atoms with E-state index >= 15 is 0 Å². The second-order valence-corrected chi connectivity index (χ2v) is 6.71. The Hall–Kier alpha value is -2.07. The molecule has 0 saturated heterocycles. The molecule has 1 atom stereocenters. The van der Waals surface area contributed by atoms with E-state index in [0.717, 1.165) is 22.6 Å². The summed E-state index contributed by atoms with van der Waals surface area (Å²) in [7, 11) is 1.62. The Bertz CT molecular complexity index is 759. The van der Waals surface area contributed by atoms with Gasteiger partial charge in [-0.2, -0.15) is 5.26 Å². The molecule has 2 aromatic rings. The molecule has 132 valence electrons. The molecule has 0 radical (unpaired) electrons. The predicted octanol–water partition coefficient (Wildman–Crippen LogP) is 3.25. The fourth-order valence-corrected chi connectivity index (χ4v) is 3.35. The van der Waals surface area contributed by atoms with Crippen LogP contribution >= 0.6 is 11.8 Å². The number of methoxy groups -OCH3 is 1. The maximum absolute atomic E-state index is 10.1. The molecule has 0 saturated carbocycles. The molecule has 0 amide bonds. The number of thioether (sulfide) groups is 1. The number of pyridine rings is 1. The average Bonchev–Trinajstić information content (AvgIpc) is 2.59. The van der Waals surface area contributed by atoms with E-state index in [1.807, 2.05) is 44.2 Å². The Balaban J connectivity index is 1.83. The molecule has 6 heteroatoms. The second kappa shape index (κ2) is 9.42. The molecular formula is C19H22N2O3S. The highest BCUT2D eigenvalue weighted by Crippen LogP contribution is 2.24. The topological polar surface area (TPSA) is 75.4 Å². The molecular weight excluding hydrogens is 336 g/mol. The number of nitriles is 1. The van der Waals surface area contributed by atoms with Gasteiger partial charge in [-0.1, -0.05) is 12.1 Å². The van der Waals surface area contributed by atoms with Gasteiger partial charge in [-0.15, -0.1) is 11.8 Å². The lowest BCUT2D eigenvalue weighted by Crippen LogP contribution is -2.18. The summed E-state index contributed by atoms with van der Waals surface area (Å²) in [5.41, 5.74) is 3.33. The Labute approximate surface area is 152 Å². The number of nitrogens with zero attached hydrogens (tertiary/aromatic N) is 2. The van der Waals surface area contributed by atoms with Crippen LogP contribution in [0.3, 0.4) is 0 Å². The zero-order chi connectivity index (χ0) is 18.2. The molecule has 1 heterocycles. The van der Waals surface area contributed by atoms with Crippen LogP contribution in [0.4, 0.5) is 0 Å². The third-order valence-electron chi connectivity index (χ3n) is 3.55. The molecule has 1 aromatic carbocycles. The van der Waals surface area contributed by atoms with E-state index in [1.54, 1.807) is 7.11 Å². The summed E-state index contributed by atoms with van der Waals surface area (Å²) in [6, 6.07) is 11.7. The van der Waals surface area contributed by atoms with Crippen LogP contribution in [0.1, 0.15) is 22.4 Å². The Morgan fingerprint density at radius 3 is 2.84 bits per heavy atom. The molecule has 0 unspecified atom stereocenters. The number of benzene rings is 1. The van der Waals surface area contributed by atoms with Gasteiger partial charge in [0.2, 0.25) is 0 Å². The van der Waals surface area contributed by atoms with Gasteiger partial charge in [-0.05, 0) is 43.2 Å². The van der Waals surface area contributed by atoms with Crippen LogP contribution in [0.25, 0.3) is 0 Å². The first kappa shape index (κ1) is 19.3. The summed E-state index contributed by atoms with van der Waals surface area (Å²) in [4.78, 5) is 4.40. The van der Waals surface area contributed by atoms with Crippen LogP contribution < -0.4 is 4.74 Å². The van der Waals surface area contributed by atoms with E-state index in [0.29, 0.717) is 22.9 Å². The van der Waals surface area contributed by atoms with Gasteiger partial charge in [0.15, 0.2) is 0 Å².